The molecule has 0 aromatic rings. The molecular formula is C55H90NO8P. The molecule has 10 heteroatoms. The summed E-state index contributed by atoms with van der Waals surface area (Å²) < 4.78 is 33.9. The third-order valence-corrected chi connectivity index (χ3v) is 10.7. The van der Waals surface area contributed by atoms with Gasteiger partial charge in [-0.2, -0.15) is 0 Å². The molecule has 2 atom stereocenters. The number of phosphoric ester groups is 1. The molecule has 0 amide bonds. The largest absolute Gasteiger partial charge is 0.756 e. The molecule has 0 saturated carbocycles. The van der Waals surface area contributed by atoms with Crippen LogP contribution >= 0.6 is 7.82 Å². The van der Waals surface area contributed by atoms with Crippen LogP contribution in [0.3, 0.4) is 0 Å². The number of allylic oxidation sites excluding steroid dienone is 20. The van der Waals surface area contributed by atoms with Gasteiger partial charge in [0, 0.05) is 12.8 Å². The lowest BCUT2D eigenvalue weighted by Gasteiger charge is -2.28. The predicted octanol–water partition coefficient (Wildman–Crippen LogP) is 14.2. The van der Waals surface area contributed by atoms with Crippen molar-refractivity contribution >= 4 is 19.8 Å². The third-order valence-electron chi connectivity index (χ3n) is 9.72. The number of hydrogen-bond donors (Lipinski definition) is 0. The Morgan fingerprint density at radius 2 is 0.877 bits per heavy atom. The van der Waals surface area contributed by atoms with Gasteiger partial charge in [-0.05, 0) is 103 Å². The molecule has 2 unspecified atom stereocenters. The zero-order chi connectivity index (χ0) is 47.8. The number of esters is 2. The van der Waals surface area contributed by atoms with Gasteiger partial charge in [0.2, 0.25) is 0 Å². The van der Waals surface area contributed by atoms with E-state index in [0.717, 1.165) is 109 Å². The quantitative estimate of drug-likeness (QED) is 0.0195. The van der Waals surface area contributed by atoms with Crippen molar-refractivity contribution in [1.82, 2.24) is 0 Å². The van der Waals surface area contributed by atoms with Crippen molar-refractivity contribution in [2.24, 2.45) is 0 Å². The molecule has 0 aliphatic heterocycles. The van der Waals surface area contributed by atoms with Crippen LogP contribution in [0.5, 0.6) is 0 Å². The van der Waals surface area contributed by atoms with Gasteiger partial charge < -0.3 is 27.9 Å². The number of hydrogen-bond acceptors (Lipinski definition) is 8. The molecule has 0 bridgehead atoms. The van der Waals surface area contributed by atoms with Gasteiger partial charge in [-0.25, -0.2) is 0 Å². The number of carbonyl (C=O) groups excluding carboxylic acids is 2. The lowest BCUT2D eigenvalue weighted by Crippen LogP contribution is -2.37. The van der Waals surface area contributed by atoms with Crippen molar-refractivity contribution in [3.05, 3.63) is 122 Å². The van der Waals surface area contributed by atoms with Gasteiger partial charge >= 0.3 is 11.9 Å². The summed E-state index contributed by atoms with van der Waals surface area (Å²) >= 11 is 0. The van der Waals surface area contributed by atoms with Crippen molar-refractivity contribution in [3.63, 3.8) is 0 Å². The van der Waals surface area contributed by atoms with E-state index in [4.69, 9.17) is 18.5 Å². The fraction of sp³-hybridized carbons (Fsp3) is 0.600. The summed E-state index contributed by atoms with van der Waals surface area (Å²) in [4.78, 5) is 37.6. The molecule has 0 spiro atoms. The zero-order valence-electron chi connectivity index (χ0n) is 41.4. The monoisotopic (exact) mass is 924 g/mol. The third kappa shape index (κ3) is 49.7. The van der Waals surface area contributed by atoms with Crippen molar-refractivity contribution < 1.29 is 42.1 Å². The number of quaternary nitrogens is 1. The van der Waals surface area contributed by atoms with Gasteiger partial charge in [-0.3, -0.25) is 14.2 Å². The second-order valence-corrected chi connectivity index (χ2v) is 18.5. The summed E-state index contributed by atoms with van der Waals surface area (Å²) in [6.07, 6.45) is 63.8. The maximum absolute atomic E-state index is 12.7. The first-order valence-corrected chi connectivity index (χ1v) is 26.2. The van der Waals surface area contributed by atoms with E-state index in [1.807, 2.05) is 21.1 Å². The Morgan fingerprint density at radius 3 is 1.34 bits per heavy atom. The molecule has 65 heavy (non-hydrogen) atoms. The minimum Gasteiger partial charge on any atom is -0.756 e. The molecule has 0 fully saturated rings. The highest BCUT2D eigenvalue weighted by Gasteiger charge is 2.21. The minimum absolute atomic E-state index is 0.0493. The summed E-state index contributed by atoms with van der Waals surface area (Å²) in [7, 11) is 1.10. The van der Waals surface area contributed by atoms with Crippen LogP contribution in [0.15, 0.2) is 122 Å². The Hall–Kier alpha value is -3.59. The van der Waals surface area contributed by atoms with E-state index in [0.29, 0.717) is 23.9 Å². The highest BCUT2D eigenvalue weighted by atomic mass is 31.2. The van der Waals surface area contributed by atoms with Gasteiger partial charge in [-0.1, -0.05) is 167 Å². The van der Waals surface area contributed by atoms with Crippen LogP contribution in [0.25, 0.3) is 0 Å². The molecule has 0 radical (unpaired) electrons. The van der Waals surface area contributed by atoms with Gasteiger partial charge in [0.15, 0.2) is 6.10 Å². The smallest absolute Gasteiger partial charge is 0.306 e. The molecule has 9 nitrogen and oxygen atoms in total. The van der Waals surface area contributed by atoms with Gasteiger partial charge in [0.05, 0.1) is 27.7 Å². The van der Waals surface area contributed by atoms with E-state index >= 15 is 0 Å². The van der Waals surface area contributed by atoms with Crippen LogP contribution < -0.4 is 4.89 Å². The van der Waals surface area contributed by atoms with E-state index in [1.54, 1.807) is 0 Å². The van der Waals surface area contributed by atoms with Crippen LogP contribution in [0.2, 0.25) is 0 Å². The second-order valence-electron chi connectivity index (χ2n) is 17.1. The summed E-state index contributed by atoms with van der Waals surface area (Å²) in [5.74, 6) is -0.915. The zero-order valence-corrected chi connectivity index (χ0v) is 42.3. The predicted molar refractivity (Wildman–Crippen MR) is 272 cm³/mol. The summed E-state index contributed by atoms with van der Waals surface area (Å²) in [5.41, 5.74) is 0. The highest BCUT2D eigenvalue weighted by Crippen LogP contribution is 2.38. The van der Waals surface area contributed by atoms with Crippen LogP contribution in [-0.2, 0) is 32.7 Å². The average molecular weight is 924 g/mol. The van der Waals surface area contributed by atoms with Crippen LogP contribution in [0.4, 0.5) is 0 Å². The summed E-state index contributed by atoms with van der Waals surface area (Å²) in [5, 5.41) is 0. The number of likely N-dealkylation sites (N-methyl/N-ethyl adjacent to an activating group) is 1. The second kappa shape index (κ2) is 45.6. The lowest BCUT2D eigenvalue weighted by atomic mass is 10.1. The van der Waals surface area contributed by atoms with E-state index < -0.39 is 32.5 Å². The first-order chi connectivity index (χ1) is 31.5. The Kier molecular flexibility index (Phi) is 43.0. The number of unbranched alkanes of at least 4 members (excludes halogenated alkanes) is 9. The van der Waals surface area contributed by atoms with Gasteiger partial charge in [0.25, 0.3) is 7.82 Å². The Labute approximate surface area is 397 Å². The van der Waals surface area contributed by atoms with Crippen molar-refractivity contribution in [2.45, 2.75) is 168 Å². The maximum atomic E-state index is 12.7. The maximum Gasteiger partial charge on any atom is 0.306 e. The highest BCUT2D eigenvalue weighted by molar-refractivity contribution is 7.45. The first kappa shape index (κ1) is 61.4. The standard InChI is InChI=1S/C55H90NO8P/c1-6-8-10-12-14-16-18-20-22-23-24-25-26-27-28-29-30-31-32-33-34-36-38-40-42-44-46-48-55(58)64-53(52-63-65(59,60)62-50-49-56(3,4)5)51-61-54(57)47-45-43-41-39-37-35-21-19-17-15-13-11-9-7-2/h8,10,13-16,19-22,24-25,27-28,30-31,33-34,38,40,53H,6-7,9,11-12,17-18,23,26,29,32,35-37,39,41-52H2,1-5H3/b10-8-,15-13-,16-14-,21-19-,22-20-,25-24-,28-27-,31-30-,34-33-,40-38-. The molecule has 0 heterocycles. The van der Waals surface area contributed by atoms with E-state index in [2.05, 4.69) is 135 Å². The van der Waals surface area contributed by atoms with Crippen LogP contribution in [0.1, 0.15) is 162 Å². The molecule has 0 rings (SSSR count). The van der Waals surface area contributed by atoms with Crippen molar-refractivity contribution in [1.29, 1.82) is 0 Å². The average Bonchev–Trinajstić information content (AvgIpc) is 3.26. The Morgan fingerprint density at radius 1 is 0.492 bits per heavy atom. The number of rotatable bonds is 43. The molecule has 0 saturated heterocycles. The van der Waals surface area contributed by atoms with Gasteiger partial charge in [0.1, 0.15) is 19.8 Å². The molecular weight excluding hydrogens is 834 g/mol. The lowest BCUT2D eigenvalue weighted by molar-refractivity contribution is -0.870. The Bertz CT molecular complexity index is 1510. The van der Waals surface area contributed by atoms with Crippen LogP contribution in [-0.4, -0.2) is 70.0 Å². The SMILES string of the molecule is CC/C=C\C/C=C\C/C=C\C/C=C\C/C=C\C/C=C\C/C=C\C/C=C\CCCCC(=O)OC(COC(=O)CCCCCCC/C=C\C/C=C\CCCC)COP(=O)([O-])OCC[N+](C)(C)C. The number of carbonyl (C=O) groups is 2. The molecule has 0 aromatic carbocycles. The van der Waals surface area contributed by atoms with E-state index in [1.165, 1.54) is 12.8 Å². The fourth-order valence-corrected chi connectivity index (χ4v) is 6.59. The van der Waals surface area contributed by atoms with Crippen molar-refractivity contribution in [2.75, 3.05) is 47.5 Å². The van der Waals surface area contributed by atoms with Crippen LogP contribution in [0, 0.1) is 0 Å². The summed E-state index contributed by atoms with van der Waals surface area (Å²) in [6, 6.07) is 0. The first-order valence-electron chi connectivity index (χ1n) is 24.7. The van der Waals surface area contributed by atoms with E-state index in [-0.39, 0.29) is 26.1 Å². The molecule has 368 valence electrons. The molecule has 0 aliphatic carbocycles. The molecule has 0 N–H and O–H groups in total. The number of ether oxygens (including phenoxy) is 2. The van der Waals surface area contributed by atoms with Gasteiger partial charge in [-0.15, -0.1) is 0 Å². The normalized spacial score (nSPS) is 14.5. The summed E-state index contributed by atoms with van der Waals surface area (Å²) in [6.45, 7) is 3.97. The van der Waals surface area contributed by atoms with Crippen molar-refractivity contribution in [3.8, 4) is 0 Å². The fourth-order valence-electron chi connectivity index (χ4n) is 5.86. The topological polar surface area (TPSA) is 111 Å². The van der Waals surface area contributed by atoms with E-state index in [9.17, 15) is 19.0 Å². The molecule has 0 aliphatic rings. The minimum atomic E-state index is -4.65. The molecule has 0 aromatic heterocycles. The Balaban J connectivity index is 4.41. The number of nitrogens with zero attached hydrogens (tertiary/aromatic N) is 1. The number of phosphoric acid groups is 1.